The lowest BCUT2D eigenvalue weighted by Gasteiger charge is -2.40. The number of aromatic amines is 1. The molecule has 4 rings (SSSR count). The molecule has 0 saturated carbocycles. The van der Waals surface area contributed by atoms with Gasteiger partial charge in [0.2, 0.25) is 5.88 Å². The lowest BCUT2D eigenvalue weighted by molar-refractivity contribution is -0.114. The maximum absolute atomic E-state index is 13.4. The van der Waals surface area contributed by atoms with Crippen molar-refractivity contribution in [3.8, 4) is 5.88 Å². The Morgan fingerprint density at radius 2 is 1.94 bits per heavy atom. The van der Waals surface area contributed by atoms with Crippen LogP contribution in [0.3, 0.4) is 0 Å². The number of hydrogen-bond donors (Lipinski definition) is 2. The second-order valence-electron chi connectivity index (χ2n) is 8.05. The van der Waals surface area contributed by atoms with Gasteiger partial charge in [0.05, 0.1) is 12.7 Å². The van der Waals surface area contributed by atoms with E-state index in [-0.39, 0.29) is 34.8 Å². The molecule has 1 saturated heterocycles. The molecular weight excluding hydrogens is 429 g/mol. The summed E-state index contributed by atoms with van der Waals surface area (Å²) in [5, 5.41) is 0.325. The molecule has 1 aromatic carbocycles. The molecule has 2 amide bonds. The van der Waals surface area contributed by atoms with Crippen molar-refractivity contribution >= 4 is 28.6 Å². The summed E-state index contributed by atoms with van der Waals surface area (Å²) >= 11 is 0. The zero-order chi connectivity index (χ0) is 23.7. The van der Waals surface area contributed by atoms with Crippen LogP contribution < -0.4 is 10.5 Å². The van der Waals surface area contributed by atoms with Crippen molar-refractivity contribution < 1.29 is 23.5 Å². The number of amides is 2. The van der Waals surface area contributed by atoms with Gasteiger partial charge in [-0.05, 0) is 30.7 Å². The summed E-state index contributed by atoms with van der Waals surface area (Å²) in [5.74, 6) is -2.40. The van der Waals surface area contributed by atoms with Crippen LogP contribution in [0.1, 0.15) is 33.2 Å². The largest absolute Gasteiger partial charge is 0.480 e. The van der Waals surface area contributed by atoms with Crippen LogP contribution in [0.4, 0.5) is 4.39 Å². The SMILES string of the molecule is COc1nc2[nH]cc(C(=O)C(N)=O)c2cc1C(=O)N1CCN(Cc2ccc(F)cc2)C[C@H]1C. The number of fused-ring (bicyclic) bond motifs is 1. The number of methoxy groups -OCH3 is 1. The second kappa shape index (κ2) is 8.99. The Morgan fingerprint density at radius 3 is 2.58 bits per heavy atom. The molecule has 0 spiro atoms. The molecular formula is C23H24FN5O4. The fraction of sp³-hybridized carbons (Fsp3) is 0.304. The molecule has 172 valence electrons. The Kier molecular flexibility index (Phi) is 6.10. The van der Waals surface area contributed by atoms with Crippen molar-refractivity contribution in [2.45, 2.75) is 19.5 Å². The number of ketones is 1. The quantitative estimate of drug-likeness (QED) is 0.433. The van der Waals surface area contributed by atoms with E-state index < -0.39 is 11.7 Å². The Balaban J connectivity index is 1.56. The van der Waals surface area contributed by atoms with E-state index in [1.54, 1.807) is 17.0 Å². The van der Waals surface area contributed by atoms with Crippen LogP contribution in [0.2, 0.25) is 0 Å². The molecule has 9 nitrogen and oxygen atoms in total. The highest BCUT2D eigenvalue weighted by molar-refractivity contribution is 6.44. The third kappa shape index (κ3) is 4.42. The number of carbonyl (C=O) groups excluding carboxylic acids is 3. The summed E-state index contributed by atoms with van der Waals surface area (Å²) in [5.41, 5.74) is 6.70. The number of hydrogen-bond acceptors (Lipinski definition) is 6. The van der Waals surface area contributed by atoms with E-state index in [0.29, 0.717) is 37.2 Å². The van der Waals surface area contributed by atoms with E-state index in [4.69, 9.17) is 10.5 Å². The van der Waals surface area contributed by atoms with E-state index in [2.05, 4.69) is 14.9 Å². The van der Waals surface area contributed by atoms with E-state index in [9.17, 15) is 18.8 Å². The number of piperazine rings is 1. The van der Waals surface area contributed by atoms with Crippen molar-refractivity contribution in [1.29, 1.82) is 0 Å². The van der Waals surface area contributed by atoms with E-state index in [0.717, 1.165) is 5.56 Å². The highest BCUT2D eigenvalue weighted by Crippen LogP contribution is 2.27. The highest BCUT2D eigenvalue weighted by atomic mass is 19.1. The van der Waals surface area contributed by atoms with Crippen LogP contribution in [0, 0.1) is 5.82 Å². The molecule has 10 heteroatoms. The Hall–Kier alpha value is -3.79. The van der Waals surface area contributed by atoms with Crippen LogP contribution in [0.5, 0.6) is 5.88 Å². The minimum absolute atomic E-state index is 0.0545. The van der Waals surface area contributed by atoms with Crippen LogP contribution in [-0.4, -0.2) is 70.2 Å². The maximum atomic E-state index is 13.4. The first-order chi connectivity index (χ1) is 15.8. The van der Waals surface area contributed by atoms with Gasteiger partial charge >= 0.3 is 0 Å². The number of aromatic nitrogens is 2. The minimum Gasteiger partial charge on any atom is -0.480 e. The Labute approximate surface area is 189 Å². The van der Waals surface area contributed by atoms with Crippen molar-refractivity contribution in [3.63, 3.8) is 0 Å². The molecule has 0 bridgehead atoms. The number of pyridine rings is 1. The molecule has 1 fully saturated rings. The number of nitrogens with zero attached hydrogens (tertiary/aromatic N) is 3. The van der Waals surface area contributed by atoms with Gasteiger partial charge in [-0.15, -0.1) is 0 Å². The number of benzene rings is 1. The number of rotatable bonds is 6. The molecule has 0 radical (unpaired) electrons. The van der Waals surface area contributed by atoms with Crippen LogP contribution in [0.15, 0.2) is 36.5 Å². The summed E-state index contributed by atoms with van der Waals surface area (Å²) < 4.78 is 18.5. The molecule has 0 aliphatic carbocycles. The zero-order valence-electron chi connectivity index (χ0n) is 18.3. The molecule has 3 heterocycles. The lowest BCUT2D eigenvalue weighted by Crippen LogP contribution is -2.53. The molecule has 3 aromatic rings. The minimum atomic E-state index is -1.09. The molecule has 1 atom stereocenters. The topological polar surface area (TPSA) is 122 Å². The summed E-state index contributed by atoms with van der Waals surface area (Å²) in [4.78, 5) is 48.0. The average Bonchev–Trinajstić information content (AvgIpc) is 3.21. The first kappa shape index (κ1) is 22.4. The molecule has 33 heavy (non-hydrogen) atoms. The second-order valence-corrected chi connectivity index (χ2v) is 8.05. The predicted molar refractivity (Wildman–Crippen MR) is 118 cm³/mol. The number of halogens is 1. The standard InChI is InChI=1S/C23H24FN5O4/c1-13-11-28(12-14-3-5-15(24)6-4-14)7-8-29(13)23(32)17-9-16-18(19(30)20(25)31)10-26-21(16)27-22(17)33-2/h3-6,9-10,13H,7-8,11-12H2,1-2H3,(H2,25,31)(H,26,27)/t13-/m1/s1. The molecule has 2 aromatic heterocycles. The van der Waals surface area contributed by atoms with Crippen molar-refractivity contribution in [3.05, 3.63) is 59.0 Å². The zero-order valence-corrected chi connectivity index (χ0v) is 18.3. The molecule has 1 aliphatic heterocycles. The lowest BCUT2D eigenvalue weighted by atomic mass is 10.1. The van der Waals surface area contributed by atoms with Crippen LogP contribution in [-0.2, 0) is 11.3 Å². The number of ether oxygens (including phenoxy) is 1. The van der Waals surface area contributed by atoms with Crippen molar-refractivity contribution in [2.75, 3.05) is 26.7 Å². The Morgan fingerprint density at radius 1 is 1.21 bits per heavy atom. The van der Waals surface area contributed by atoms with Gasteiger partial charge in [0.25, 0.3) is 17.6 Å². The van der Waals surface area contributed by atoms with Gasteiger partial charge in [-0.25, -0.2) is 4.39 Å². The highest BCUT2D eigenvalue weighted by Gasteiger charge is 2.31. The summed E-state index contributed by atoms with van der Waals surface area (Å²) in [6.07, 6.45) is 1.34. The van der Waals surface area contributed by atoms with Gasteiger partial charge in [0.15, 0.2) is 0 Å². The van der Waals surface area contributed by atoms with Crippen LogP contribution >= 0.6 is 0 Å². The predicted octanol–water partition coefficient (Wildman–Crippen LogP) is 1.73. The Bertz CT molecular complexity index is 1220. The molecule has 3 N–H and O–H groups in total. The van der Waals surface area contributed by atoms with E-state index >= 15 is 0 Å². The van der Waals surface area contributed by atoms with Gasteiger partial charge in [0.1, 0.15) is 17.0 Å². The first-order valence-electron chi connectivity index (χ1n) is 10.5. The number of primary amides is 1. The van der Waals surface area contributed by atoms with Gasteiger partial charge in [0, 0.05) is 43.8 Å². The number of H-pyrrole nitrogens is 1. The van der Waals surface area contributed by atoms with Crippen molar-refractivity contribution in [1.82, 2.24) is 19.8 Å². The molecule has 0 unspecified atom stereocenters. The van der Waals surface area contributed by atoms with Crippen molar-refractivity contribution in [2.24, 2.45) is 5.73 Å². The average molecular weight is 453 g/mol. The summed E-state index contributed by atoms with van der Waals surface area (Å²) in [6.45, 7) is 4.36. The third-order valence-electron chi connectivity index (χ3n) is 5.82. The fourth-order valence-corrected chi connectivity index (χ4v) is 4.14. The fourth-order valence-electron chi connectivity index (χ4n) is 4.14. The smallest absolute Gasteiger partial charge is 0.289 e. The van der Waals surface area contributed by atoms with Crippen LogP contribution in [0.25, 0.3) is 11.0 Å². The maximum Gasteiger partial charge on any atom is 0.289 e. The van der Waals surface area contributed by atoms with Gasteiger partial charge < -0.3 is 20.4 Å². The van der Waals surface area contributed by atoms with E-state index in [1.165, 1.54) is 31.5 Å². The summed E-state index contributed by atoms with van der Waals surface area (Å²) in [6, 6.07) is 7.78. The van der Waals surface area contributed by atoms with Gasteiger partial charge in [-0.1, -0.05) is 12.1 Å². The number of Topliss-reactive ketones (excluding diaryl/α,β-unsaturated/α-hetero) is 1. The third-order valence-corrected chi connectivity index (χ3v) is 5.82. The number of nitrogens with one attached hydrogen (secondary N) is 1. The summed E-state index contributed by atoms with van der Waals surface area (Å²) in [7, 11) is 1.41. The monoisotopic (exact) mass is 453 g/mol. The number of carbonyl (C=O) groups is 3. The van der Waals surface area contributed by atoms with Gasteiger partial charge in [-0.3, -0.25) is 19.3 Å². The first-order valence-corrected chi connectivity index (χ1v) is 10.5. The molecule has 1 aliphatic rings. The number of nitrogens with two attached hydrogens (primary N) is 1. The van der Waals surface area contributed by atoms with Gasteiger partial charge in [-0.2, -0.15) is 4.98 Å². The normalized spacial score (nSPS) is 16.7. The van der Waals surface area contributed by atoms with E-state index in [1.807, 2.05) is 6.92 Å².